The van der Waals surface area contributed by atoms with Crippen LogP contribution in [0, 0.1) is 0 Å². The van der Waals surface area contributed by atoms with Crippen molar-refractivity contribution in [3.63, 3.8) is 0 Å². The molecule has 102 valence electrons. The molecule has 0 aliphatic heterocycles. The van der Waals surface area contributed by atoms with Crippen molar-refractivity contribution in [2.24, 2.45) is 0 Å². The highest BCUT2D eigenvalue weighted by molar-refractivity contribution is 5.14. The number of rotatable bonds is 9. The molecule has 0 bridgehead atoms. The molecule has 0 saturated carbocycles. The maximum absolute atomic E-state index is 2.37. The van der Waals surface area contributed by atoms with Crippen LogP contribution in [0.3, 0.4) is 0 Å². The van der Waals surface area contributed by atoms with Gasteiger partial charge in [0.1, 0.15) is 0 Å². The van der Waals surface area contributed by atoms with E-state index in [4.69, 9.17) is 0 Å². The first-order valence-electron chi connectivity index (χ1n) is 7.50. The van der Waals surface area contributed by atoms with Crippen molar-refractivity contribution in [3.8, 4) is 0 Å². The zero-order valence-electron chi connectivity index (χ0n) is 12.5. The molecule has 0 N–H and O–H groups in total. The zero-order valence-corrected chi connectivity index (χ0v) is 12.5. The summed E-state index contributed by atoms with van der Waals surface area (Å²) in [6, 6.07) is 10.8. The Kier molecular flexibility index (Phi) is 7.04. The number of nitrogens with zero attached hydrogens (tertiary/aromatic N) is 1. The van der Waals surface area contributed by atoms with Crippen LogP contribution in [-0.2, 0) is 6.42 Å². The van der Waals surface area contributed by atoms with E-state index in [9.17, 15) is 0 Å². The Labute approximate surface area is 113 Å². The number of quaternary nitrogens is 1. The van der Waals surface area contributed by atoms with E-state index in [1.54, 1.807) is 0 Å². The minimum absolute atomic E-state index is 1.19. The molecular weight excluding hydrogens is 218 g/mol. The third-order valence-electron chi connectivity index (χ3n) is 3.69. The Balaban J connectivity index is 2.13. The zero-order chi connectivity index (χ0) is 13.3. The second-order valence-corrected chi connectivity index (χ2v) is 6.03. The molecule has 0 heterocycles. The first kappa shape index (κ1) is 15.2. The van der Waals surface area contributed by atoms with Gasteiger partial charge in [0, 0.05) is 0 Å². The summed E-state index contributed by atoms with van der Waals surface area (Å²) in [5, 5.41) is 0. The molecule has 0 spiro atoms. The van der Waals surface area contributed by atoms with E-state index in [-0.39, 0.29) is 0 Å². The molecule has 0 saturated heterocycles. The van der Waals surface area contributed by atoms with Crippen LogP contribution in [0.2, 0.25) is 0 Å². The molecule has 1 rings (SSSR count). The van der Waals surface area contributed by atoms with Crippen LogP contribution in [0.15, 0.2) is 30.3 Å². The monoisotopic (exact) mass is 248 g/mol. The molecular formula is C17H30N+. The van der Waals surface area contributed by atoms with Gasteiger partial charge in [0.2, 0.25) is 0 Å². The van der Waals surface area contributed by atoms with Gasteiger partial charge in [-0.15, -0.1) is 0 Å². The Bertz CT molecular complexity index is 303. The van der Waals surface area contributed by atoms with Crippen molar-refractivity contribution in [1.29, 1.82) is 0 Å². The second-order valence-electron chi connectivity index (χ2n) is 6.03. The second kappa shape index (κ2) is 8.31. The topological polar surface area (TPSA) is 0 Å². The summed E-state index contributed by atoms with van der Waals surface area (Å²) >= 11 is 0. The Morgan fingerprint density at radius 1 is 0.833 bits per heavy atom. The third-order valence-corrected chi connectivity index (χ3v) is 3.69. The van der Waals surface area contributed by atoms with Gasteiger partial charge in [-0.2, -0.15) is 0 Å². The number of hydrogen-bond acceptors (Lipinski definition) is 0. The maximum Gasteiger partial charge on any atom is 0.0782 e. The highest BCUT2D eigenvalue weighted by Crippen LogP contribution is 2.09. The fourth-order valence-electron chi connectivity index (χ4n) is 2.42. The van der Waals surface area contributed by atoms with Crippen molar-refractivity contribution in [1.82, 2.24) is 0 Å². The van der Waals surface area contributed by atoms with Gasteiger partial charge >= 0.3 is 0 Å². The Hall–Kier alpha value is -0.820. The molecule has 0 aliphatic rings. The molecule has 1 heteroatoms. The molecule has 1 nitrogen and oxygen atoms in total. The summed E-state index contributed by atoms with van der Waals surface area (Å²) in [4.78, 5) is 0. The number of hydrogen-bond donors (Lipinski definition) is 0. The van der Waals surface area contributed by atoms with Crippen LogP contribution in [-0.4, -0.2) is 31.7 Å². The van der Waals surface area contributed by atoms with Crippen LogP contribution >= 0.6 is 0 Å². The average Bonchev–Trinajstić information content (AvgIpc) is 2.36. The van der Waals surface area contributed by atoms with Gasteiger partial charge in [0.15, 0.2) is 0 Å². The summed E-state index contributed by atoms with van der Waals surface area (Å²) in [7, 11) is 4.75. The highest BCUT2D eigenvalue weighted by Gasteiger charge is 2.13. The minimum Gasteiger partial charge on any atom is -0.328 e. The van der Waals surface area contributed by atoms with Crippen molar-refractivity contribution in [3.05, 3.63) is 35.9 Å². The molecule has 0 fully saturated rings. The van der Waals surface area contributed by atoms with Crippen LogP contribution in [0.25, 0.3) is 0 Å². The van der Waals surface area contributed by atoms with E-state index in [1.165, 1.54) is 61.7 Å². The quantitative estimate of drug-likeness (QED) is 0.452. The third kappa shape index (κ3) is 6.80. The molecule has 0 atom stereocenters. The van der Waals surface area contributed by atoms with Crippen molar-refractivity contribution in [2.75, 3.05) is 27.2 Å². The fourth-order valence-corrected chi connectivity index (χ4v) is 2.42. The predicted molar refractivity (Wildman–Crippen MR) is 80.7 cm³/mol. The SMILES string of the molecule is CCCCC[N+](C)(C)CCCCc1ccccc1. The normalized spacial score (nSPS) is 11.7. The maximum atomic E-state index is 2.37. The first-order valence-corrected chi connectivity index (χ1v) is 7.50. The van der Waals surface area contributed by atoms with E-state index in [0.717, 1.165) is 0 Å². The largest absolute Gasteiger partial charge is 0.328 e. The molecule has 0 radical (unpaired) electrons. The molecule has 0 aromatic heterocycles. The molecule has 18 heavy (non-hydrogen) atoms. The summed E-state index contributed by atoms with van der Waals surface area (Å²) in [6.45, 7) is 4.93. The lowest BCUT2D eigenvalue weighted by molar-refractivity contribution is -0.890. The lowest BCUT2D eigenvalue weighted by Gasteiger charge is -2.29. The van der Waals surface area contributed by atoms with Crippen LogP contribution < -0.4 is 0 Å². The average molecular weight is 248 g/mol. The van der Waals surface area contributed by atoms with Gasteiger partial charge in [0.25, 0.3) is 0 Å². The van der Waals surface area contributed by atoms with Gasteiger partial charge in [-0.3, -0.25) is 0 Å². The van der Waals surface area contributed by atoms with Gasteiger partial charge < -0.3 is 4.48 Å². The molecule has 1 aromatic rings. The summed E-state index contributed by atoms with van der Waals surface area (Å²) < 4.78 is 1.19. The van der Waals surface area contributed by atoms with Gasteiger partial charge in [-0.05, 0) is 37.7 Å². The number of benzene rings is 1. The highest BCUT2D eigenvalue weighted by atomic mass is 15.3. The lowest BCUT2D eigenvalue weighted by atomic mass is 10.1. The lowest BCUT2D eigenvalue weighted by Crippen LogP contribution is -2.41. The first-order chi connectivity index (χ1) is 8.64. The van der Waals surface area contributed by atoms with E-state index in [1.807, 2.05) is 0 Å². The molecule has 0 aliphatic carbocycles. The van der Waals surface area contributed by atoms with Crippen molar-refractivity contribution in [2.45, 2.75) is 45.4 Å². The number of unbranched alkanes of at least 4 members (excludes halogenated alkanes) is 3. The van der Waals surface area contributed by atoms with Gasteiger partial charge in [-0.25, -0.2) is 0 Å². The van der Waals surface area contributed by atoms with Crippen LogP contribution in [0.5, 0.6) is 0 Å². The number of aryl methyl sites for hydroxylation is 1. The molecule has 1 aromatic carbocycles. The van der Waals surface area contributed by atoms with E-state index >= 15 is 0 Å². The standard InChI is InChI=1S/C17H30N/c1-4-5-10-15-18(2,3)16-11-9-14-17-12-7-6-8-13-17/h6-8,12-13H,4-5,9-11,14-16H2,1-3H3/q+1. The van der Waals surface area contributed by atoms with Crippen molar-refractivity contribution >= 4 is 0 Å². The molecule has 0 amide bonds. The van der Waals surface area contributed by atoms with Gasteiger partial charge in [0.05, 0.1) is 27.2 Å². The summed E-state index contributed by atoms with van der Waals surface area (Å²) in [5.41, 5.74) is 1.48. The van der Waals surface area contributed by atoms with Crippen molar-refractivity contribution < 1.29 is 4.48 Å². The fraction of sp³-hybridized carbons (Fsp3) is 0.647. The molecule has 0 unspecified atom stereocenters. The van der Waals surface area contributed by atoms with E-state index in [0.29, 0.717) is 0 Å². The summed E-state index contributed by atoms with van der Waals surface area (Å²) in [6.07, 6.45) is 7.98. The van der Waals surface area contributed by atoms with Gasteiger partial charge in [-0.1, -0.05) is 43.7 Å². The van der Waals surface area contributed by atoms with E-state index < -0.39 is 0 Å². The summed E-state index contributed by atoms with van der Waals surface area (Å²) in [5.74, 6) is 0. The van der Waals surface area contributed by atoms with Crippen LogP contribution in [0.1, 0.15) is 44.6 Å². The Morgan fingerprint density at radius 2 is 1.44 bits per heavy atom. The van der Waals surface area contributed by atoms with E-state index in [2.05, 4.69) is 51.4 Å². The van der Waals surface area contributed by atoms with Crippen LogP contribution in [0.4, 0.5) is 0 Å². The Morgan fingerprint density at radius 3 is 2.06 bits per heavy atom. The smallest absolute Gasteiger partial charge is 0.0782 e. The predicted octanol–water partition coefficient (Wildman–Crippen LogP) is 4.28. The minimum atomic E-state index is 1.19.